The number of hydrogen-bond donors (Lipinski definition) is 0. The van der Waals surface area contributed by atoms with Crippen molar-refractivity contribution >= 4 is 13.5 Å². The fourth-order valence-corrected chi connectivity index (χ4v) is 0.854. The molecule has 0 aliphatic heterocycles. The molecule has 0 saturated carbocycles. The molecule has 0 aromatic rings. The third-order valence-corrected chi connectivity index (χ3v) is 1.51. The summed E-state index contributed by atoms with van der Waals surface area (Å²) in [4.78, 5) is 0. The van der Waals surface area contributed by atoms with E-state index >= 15 is 0 Å². The second-order valence-electron chi connectivity index (χ2n) is 2.64. The number of rotatable bonds is 5. The van der Waals surface area contributed by atoms with Crippen LogP contribution in [-0.4, -0.2) is 0 Å². The summed E-state index contributed by atoms with van der Waals surface area (Å²) in [5.74, 6) is 0. The maximum absolute atomic E-state index is 7.26. The first-order valence-corrected chi connectivity index (χ1v) is 4.61. The van der Waals surface area contributed by atoms with E-state index in [1.165, 1.54) is 50.7 Å². The van der Waals surface area contributed by atoms with Crippen LogP contribution in [0.15, 0.2) is 0 Å². The van der Waals surface area contributed by atoms with Crippen LogP contribution in [0.5, 0.6) is 0 Å². The highest BCUT2D eigenvalue weighted by atomic mass is 32.1. The summed E-state index contributed by atoms with van der Waals surface area (Å²) in [6.07, 6.45) is 8.49. The molecule has 0 radical (unpaired) electrons. The first-order valence-electron chi connectivity index (χ1n) is 4.61. The molecule has 0 unspecified atom stereocenters. The molecule has 0 amide bonds. The smallest absolute Gasteiger partial charge is 0.181 e. The molecule has 0 heterocycles. The predicted octanol–water partition coefficient (Wildman–Crippen LogP) is 3.51. The van der Waals surface area contributed by atoms with E-state index in [-0.39, 0.29) is 13.5 Å². The van der Waals surface area contributed by atoms with E-state index in [9.17, 15) is 0 Å². The van der Waals surface area contributed by atoms with Crippen LogP contribution >= 0.6 is 13.5 Å². The van der Waals surface area contributed by atoms with Gasteiger partial charge in [0.25, 0.3) is 0 Å². The molecule has 0 spiro atoms. The first-order chi connectivity index (χ1) is 5.83. The molecule has 2 nitrogen and oxygen atoms in total. The van der Waals surface area contributed by atoms with Crippen molar-refractivity contribution in [2.75, 3.05) is 0 Å². The summed E-state index contributed by atoms with van der Waals surface area (Å²) in [5.41, 5.74) is 0. The van der Waals surface area contributed by atoms with Gasteiger partial charge in [-0.15, -0.1) is 0 Å². The fourth-order valence-electron chi connectivity index (χ4n) is 0.854. The second kappa shape index (κ2) is 22.5. The first kappa shape index (κ1) is 18.2. The van der Waals surface area contributed by atoms with Crippen molar-refractivity contribution in [2.24, 2.45) is 0 Å². The average molecular weight is 200 g/mol. The maximum Gasteiger partial charge on any atom is 0.181 e. The molecular formula is C10H20N2S. The minimum atomic E-state index is 0. The largest absolute Gasteiger partial charge is 0.197 e. The molecule has 0 aromatic heterocycles. The van der Waals surface area contributed by atoms with Gasteiger partial charge in [-0.2, -0.15) is 24.0 Å². The molecule has 0 aliphatic carbocycles. The van der Waals surface area contributed by atoms with Gasteiger partial charge in [-0.05, 0) is 0 Å². The zero-order chi connectivity index (χ0) is 9.66. The molecule has 0 saturated heterocycles. The summed E-state index contributed by atoms with van der Waals surface area (Å²) in [6, 6.07) is 2.47. The van der Waals surface area contributed by atoms with Crippen LogP contribution in [0.3, 0.4) is 0 Å². The lowest BCUT2D eigenvalue weighted by Gasteiger charge is -1.93. The topological polar surface area (TPSA) is 47.6 Å². The van der Waals surface area contributed by atoms with Crippen LogP contribution in [0.1, 0.15) is 52.4 Å². The Kier molecular flexibility index (Phi) is 31.5. The minimum absolute atomic E-state index is 0. The van der Waals surface area contributed by atoms with Crippen molar-refractivity contribution < 1.29 is 0 Å². The van der Waals surface area contributed by atoms with Crippen molar-refractivity contribution in [3.05, 3.63) is 0 Å². The molecular weight excluding hydrogens is 180 g/mol. The molecule has 76 valence electrons. The molecule has 3 heteroatoms. The molecule has 0 aliphatic rings. The van der Waals surface area contributed by atoms with Crippen molar-refractivity contribution in [3.8, 4) is 12.1 Å². The van der Waals surface area contributed by atoms with Gasteiger partial charge >= 0.3 is 0 Å². The minimum Gasteiger partial charge on any atom is -0.197 e. The van der Waals surface area contributed by atoms with Crippen LogP contribution in [0.2, 0.25) is 0 Å². The molecule has 0 N–H and O–H groups in total. The van der Waals surface area contributed by atoms with E-state index in [1.54, 1.807) is 0 Å². The Morgan fingerprint density at radius 2 is 1.08 bits per heavy atom. The zero-order valence-corrected chi connectivity index (χ0v) is 9.64. The Bertz CT molecular complexity index is 126. The van der Waals surface area contributed by atoms with Gasteiger partial charge in [0.2, 0.25) is 0 Å². The highest BCUT2D eigenvalue weighted by molar-refractivity contribution is 7.59. The molecule has 0 bridgehead atoms. The van der Waals surface area contributed by atoms with Crippen molar-refractivity contribution in [1.29, 1.82) is 10.5 Å². The van der Waals surface area contributed by atoms with E-state index in [0.717, 1.165) is 0 Å². The van der Waals surface area contributed by atoms with Crippen molar-refractivity contribution in [1.82, 2.24) is 0 Å². The van der Waals surface area contributed by atoms with Crippen LogP contribution in [0, 0.1) is 22.7 Å². The number of hydrogen-bond acceptors (Lipinski definition) is 2. The monoisotopic (exact) mass is 200 g/mol. The van der Waals surface area contributed by atoms with Gasteiger partial charge in [0, 0.05) is 0 Å². The van der Waals surface area contributed by atoms with Gasteiger partial charge in [-0.25, -0.2) is 0 Å². The lowest BCUT2D eigenvalue weighted by atomic mass is 10.1. The Labute approximate surface area is 89.0 Å². The third kappa shape index (κ3) is 34.7. The summed E-state index contributed by atoms with van der Waals surface area (Å²) in [6.45, 7) is 4.51. The SMILES string of the molecule is CCCCCCCC.N#CC#N.S. The van der Waals surface area contributed by atoms with Crippen molar-refractivity contribution in [2.45, 2.75) is 52.4 Å². The number of nitriles is 2. The zero-order valence-electron chi connectivity index (χ0n) is 8.64. The number of unbranched alkanes of at least 4 members (excludes halogenated alkanes) is 5. The third-order valence-electron chi connectivity index (χ3n) is 1.51. The van der Waals surface area contributed by atoms with Gasteiger partial charge in [0.15, 0.2) is 12.1 Å². The van der Waals surface area contributed by atoms with Crippen LogP contribution in [-0.2, 0) is 0 Å². The summed E-state index contributed by atoms with van der Waals surface area (Å²) < 4.78 is 0. The molecule has 0 fully saturated rings. The van der Waals surface area contributed by atoms with Crippen molar-refractivity contribution in [3.63, 3.8) is 0 Å². The summed E-state index contributed by atoms with van der Waals surface area (Å²) in [5, 5.41) is 14.5. The number of nitrogens with zero attached hydrogens (tertiary/aromatic N) is 2. The Morgan fingerprint density at radius 3 is 1.23 bits per heavy atom. The normalized spacial score (nSPS) is 6.77. The molecule has 0 aromatic carbocycles. The Balaban J connectivity index is -0.000000173. The van der Waals surface area contributed by atoms with E-state index in [0.29, 0.717) is 0 Å². The fraction of sp³-hybridized carbons (Fsp3) is 0.800. The predicted molar refractivity (Wildman–Crippen MR) is 60.7 cm³/mol. The van der Waals surface area contributed by atoms with Gasteiger partial charge in [-0.1, -0.05) is 52.4 Å². The second-order valence-corrected chi connectivity index (χ2v) is 2.64. The standard InChI is InChI=1S/C8H18.C2N2.H2S/c1-3-5-7-8-6-4-2;3-1-2-4;/h3-8H2,1-2H3;;1H2. The van der Waals surface area contributed by atoms with E-state index in [2.05, 4.69) is 13.8 Å². The van der Waals surface area contributed by atoms with E-state index in [1.807, 2.05) is 0 Å². The van der Waals surface area contributed by atoms with Crippen LogP contribution < -0.4 is 0 Å². The Hall–Kier alpha value is -0.670. The van der Waals surface area contributed by atoms with Gasteiger partial charge in [0.05, 0.1) is 0 Å². The highest BCUT2D eigenvalue weighted by Crippen LogP contribution is 2.03. The summed E-state index contributed by atoms with van der Waals surface area (Å²) in [7, 11) is 0. The average Bonchev–Trinajstić information content (AvgIpc) is 2.13. The highest BCUT2D eigenvalue weighted by Gasteiger charge is 1.83. The lowest BCUT2D eigenvalue weighted by Crippen LogP contribution is -1.73. The molecule has 13 heavy (non-hydrogen) atoms. The Morgan fingerprint density at radius 1 is 0.769 bits per heavy atom. The van der Waals surface area contributed by atoms with Crippen LogP contribution in [0.25, 0.3) is 0 Å². The van der Waals surface area contributed by atoms with Gasteiger partial charge in [0.1, 0.15) is 0 Å². The lowest BCUT2D eigenvalue weighted by molar-refractivity contribution is 0.624. The van der Waals surface area contributed by atoms with E-state index < -0.39 is 0 Å². The van der Waals surface area contributed by atoms with E-state index in [4.69, 9.17) is 10.5 Å². The molecule has 0 atom stereocenters. The molecule has 0 rings (SSSR count). The van der Waals surface area contributed by atoms with Gasteiger partial charge in [-0.3, -0.25) is 0 Å². The quantitative estimate of drug-likeness (QED) is 0.637. The maximum atomic E-state index is 7.26. The van der Waals surface area contributed by atoms with Gasteiger partial charge < -0.3 is 0 Å². The summed E-state index contributed by atoms with van der Waals surface area (Å²) >= 11 is 0. The van der Waals surface area contributed by atoms with Crippen LogP contribution in [0.4, 0.5) is 0 Å².